The molecular weight excluding hydrogens is 234 g/mol. The summed E-state index contributed by atoms with van der Waals surface area (Å²) in [6, 6.07) is 0. The molecule has 94 valence electrons. The van der Waals surface area contributed by atoms with Crippen molar-refractivity contribution in [3.8, 4) is 11.5 Å². The van der Waals surface area contributed by atoms with Crippen LogP contribution in [0.1, 0.15) is 25.0 Å². The summed E-state index contributed by atoms with van der Waals surface area (Å²) in [6.07, 6.45) is -1.39. The van der Waals surface area contributed by atoms with Gasteiger partial charge in [-0.3, -0.25) is 0 Å². The number of carbonyl (C=O) groups is 1. The molecule has 0 aromatic heterocycles. The van der Waals surface area contributed by atoms with Gasteiger partial charge in [0.25, 0.3) is 0 Å². The number of hydrogen-bond donors (Lipinski definition) is 2. The van der Waals surface area contributed by atoms with E-state index in [9.17, 15) is 18.7 Å². The molecule has 1 rings (SSSR count). The molecule has 0 aliphatic rings. The van der Waals surface area contributed by atoms with Gasteiger partial charge in [-0.15, -0.1) is 0 Å². The number of hydrogen-bond acceptors (Lipinski definition) is 3. The molecule has 0 radical (unpaired) electrons. The fraction of sp³-hybridized carbons (Fsp3) is 0.364. The summed E-state index contributed by atoms with van der Waals surface area (Å²) in [6.45, 7) is 3.24. The van der Waals surface area contributed by atoms with Crippen LogP contribution in [0.25, 0.3) is 0 Å². The minimum Gasteiger partial charge on any atom is -0.504 e. The second kappa shape index (κ2) is 4.99. The highest BCUT2D eigenvalue weighted by molar-refractivity contribution is 5.64. The second-order valence-electron chi connectivity index (χ2n) is 3.34. The van der Waals surface area contributed by atoms with Crippen molar-refractivity contribution in [3.05, 3.63) is 22.8 Å². The molecule has 17 heavy (non-hydrogen) atoms. The summed E-state index contributed by atoms with van der Waals surface area (Å²) in [4.78, 5) is 10.3. The van der Waals surface area contributed by atoms with E-state index in [4.69, 9.17) is 5.11 Å². The van der Waals surface area contributed by atoms with Crippen molar-refractivity contribution in [2.45, 2.75) is 26.7 Å². The van der Waals surface area contributed by atoms with Gasteiger partial charge in [0.1, 0.15) is 0 Å². The molecule has 0 spiro atoms. The summed E-state index contributed by atoms with van der Waals surface area (Å²) in [5.41, 5.74) is 0.183. The molecule has 1 aromatic carbocycles. The van der Waals surface area contributed by atoms with Crippen molar-refractivity contribution >= 4 is 6.16 Å². The molecule has 0 unspecified atom stereocenters. The number of phenolic OH excluding ortho intramolecular Hbond substituents is 1. The summed E-state index contributed by atoms with van der Waals surface area (Å²) in [7, 11) is 0. The van der Waals surface area contributed by atoms with Gasteiger partial charge in [0.15, 0.2) is 11.6 Å². The first-order valence-electron chi connectivity index (χ1n) is 5.06. The molecule has 4 nitrogen and oxygen atoms in total. The Morgan fingerprint density at radius 2 is 1.71 bits per heavy atom. The van der Waals surface area contributed by atoms with Gasteiger partial charge in [-0.25, -0.2) is 9.18 Å². The number of benzene rings is 1. The fourth-order valence-corrected chi connectivity index (χ4v) is 1.68. The fourth-order valence-electron chi connectivity index (χ4n) is 1.68. The van der Waals surface area contributed by atoms with Crippen molar-refractivity contribution in [1.29, 1.82) is 0 Å². The molecule has 6 heteroatoms. The van der Waals surface area contributed by atoms with Crippen molar-refractivity contribution in [2.24, 2.45) is 0 Å². The Kier molecular flexibility index (Phi) is 3.88. The third-order valence-electron chi connectivity index (χ3n) is 2.42. The van der Waals surface area contributed by atoms with Crippen LogP contribution in [0.15, 0.2) is 0 Å². The molecule has 0 aliphatic carbocycles. The average Bonchev–Trinajstić information content (AvgIpc) is 2.28. The number of aromatic hydroxyl groups is 1. The predicted molar refractivity (Wildman–Crippen MR) is 55.4 cm³/mol. The molecule has 0 amide bonds. The largest absolute Gasteiger partial charge is 0.511 e. The normalized spacial score (nSPS) is 10.4. The van der Waals surface area contributed by atoms with Crippen LogP contribution >= 0.6 is 0 Å². The lowest BCUT2D eigenvalue weighted by Gasteiger charge is -2.14. The van der Waals surface area contributed by atoms with E-state index in [0.29, 0.717) is 0 Å². The Labute approximate surface area is 96.5 Å². The number of ether oxygens (including phenoxy) is 1. The van der Waals surface area contributed by atoms with E-state index in [2.05, 4.69) is 4.74 Å². The average molecular weight is 246 g/mol. The SMILES string of the molecule is CCc1c(O)c(OC(=O)O)c(F)c(F)c1CC. The van der Waals surface area contributed by atoms with Gasteiger partial charge in [-0.2, -0.15) is 4.39 Å². The minimum absolute atomic E-state index is 0.0280. The van der Waals surface area contributed by atoms with Gasteiger partial charge >= 0.3 is 6.16 Å². The molecule has 1 aromatic rings. The number of carboxylic acid groups (broad SMARTS) is 1. The van der Waals surface area contributed by atoms with Crippen LogP contribution in [0, 0.1) is 11.6 Å². The smallest absolute Gasteiger partial charge is 0.504 e. The van der Waals surface area contributed by atoms with E-state index in [1.165, 1.54) is 0 Å². The Morgan fingerprint density at radius 3 is 2.12 bits per heavy atom. The Balaban J connectivity index is 3.52. The van der Waals surface area contributed by atoms with Gasteiger partial charge < -0.3 is 14.9 Å². The van der Waals surface area contributed by atoms with Gasteiger partial charge in [0.05, 0.1) is 0 Å². The maximum Gasteiger partial charge on any atom is 0.511 e. The summed E-state index contributed by atoms with van der Waals surface area (Å²) in [5.74, 6) is -4.31. The monoisotopic (exact) mass is 246 g/mol. The molecule has 0 fully saturated rings. The van der Waals surface area contributed by atoms with Crippen LogP contribution in [0.4, 0.5) is 13.6 Å². The van der Waals surface area contributed by atoms with Crippen molar-refractivity contribution in [2.75, 3.05) is 0 Å². The third-order valence-corrected chi connectivity index (χ3v) is 2.42. The van der Waals surface area contributed by atoms with Crippen molar-refractivity contribution in [3.63, 3.8) is 0 Å². The first-order chi connectivity index (χ1) is 7.93. The van der Waals surface area contributed by atoms with Crippen LogP contribution in [-0.2, 0) is 12.8 Å². The first kappa shape index (κ1) is 13.2. The lowest BCUT2D eigenvalue weighted by Crippen LogP contribution is -2.09. The summed E-state index contributed by atoms with van der Waals surface area (Å²) in [5, 5.41) is 18.0. The zero-order valence-corrected chi connectivity index (χ0v) is 9.38. The van der Waals surface area contributed by atoms with Gasteiger partial charge in [-0.1, -0.05) is 13.8 Å². The topological polar surface area (TPSA) is 66.8 Å². The zero-order valence-electron chi connectivity index (χ0n) is 9.38. The number of rotatable bonds is 3. The van der Waals surface area contributed by atoms with E-state index >= 15 is 0 Å². The summed E-state index contributed by atoms with van der Waals surface area (Å²) >= 11 is 0. The highest BCUT2D eigenvalue weighted by Gasteiger charge is 2.25. The van der Waals surface area contributed by atoms with Gasteiger partial charge in [0.2, 0.25) is 11.6 Å². The zero-order chi connectivity index (χ0) is 13.2. The predicted octanol–water partition coefficient (Wildman–Crippen LogP) is 2.85. The number of phenols is 1. The molecule has 0 atom stereocenters. The first-order valence-corrected chi connectivity index (χ1v) is 5.06. The van der Waals surface area contributed by atoms with Gasteiger partial charge in [-0.05, 0) is 18.4 Å². The van der Waals surface area contributed by atoms with Crippen LogP contribution in [0.5, 0.6) is 11.5 Å². The summed E-state index contributed by atoms with van der Waals surface area (Å²) < 4.78 is 31.1. The Morgan fingerprint density at radius 1 is 1.18 bits per heavy atom. The lowest BCUT2D eigenvalue weighted by molar-refractivity contribution is 0.140. The molecule has 0 heterocycles. The minimum atomic E-state index is -1.81. The molecular formula is C11H12F2O4. The standard InChI is InChI=1S/C11H12F2O4/c1-3-5-6(4-2)9(14)10(17-11(15)16)8(13)7(5)12/h14H,3-4H2,1-2H3,(H,15,16). The Hall–Kier alpha value is -1.85. The van der Waals surface area contributed by atoms with E-state index in [1.54, 1.807) is 13.8 Å². The highest BCUT2D eigenvalue weighted by Crippen LogP contribution is 2.38. The van der Waals surface area contributed by atoms with E-state index in [1.807, 2.05) is 0 Å². The van der Waals surface area contributed by atoms with Gasteiger partial charge in [0, 0.05) is 5.56 Å². The quantitative estimate of drug-likeness (QED) is 0.635. The molecule has 0 saturated carbocycles. The van der Waals surface area contributed by atoms with Crippen molar-refractivity contribution in [1.82, 2.24) is 0 Å². The van der Waals surface area contributed by atoms with E-state index < -0.39 is 29.3 Å². The Bertz CT molecular complexity index is 458. The molecule has 0 bridgehead atoms. The van der Waals surface area contributed by atoms with Crippen molar-refractivity contribution < 1.29 is 28.5 Å². The number of halogens is 2. The molecule has 0 saturated heterocycles. The highest BCUT2D eigenvalue weighted by atomic mass is 19.2. The third kappa shape index (κ3) is 2.30. The van der Waals surface area contributed by atoms with Crippen LogP contribution in [0.3, 0.4) is 0 Å². The lowest BCUT2D eigenvalue weighted by atomic mass is 10.00. The molecule has 2 N–H and O–H groups in total. The van der Waals surface area contributed by atoms with E-state index in [0.717, 1.165) is 0 Å². The van der Waals surface area contributed by atoms with Crippen LogP contribution < -0.4 is 4.74 Å². The van der Waals surface area contributed by atoms with E-state index in [-0.39, 0.29) is 24.0 Å². The maximum atomic E-state index is 13.6. The van der Waals surface area contributed by atoms with Crippen LogP contribution in [0.2, 0.25) is 0 Å². The molecule has 0 aliphatic heterocycles. The maximum absolute atomic E-state index is 13.6. The second-order valence-corrected chi connectivity index (χ2v) is 3.34. The van der Waals surface area contributed by atoms with Crippen LogP contribution in [-0.4, -0.2) is 16.4 Å².